The third-order valence-corrected chi connectivity index (χ3v) is 4.96. The average molecular weight is 240 g/mol. The first-order valence-corrected chi connectivity index (χ1v) is 7.27. The number of rotatable bonds is 4. The Morgan fingerprint density at radius 1 is 1.06 bits per heavy atom. The molecule has 1 atom stereocenters. The first kappa shape index (κ1) is 13.2. The second kappa shape index (κ2) is 5.00. The van der Waals surface area contributed by atoms with Gasteiger partial charge in [0.2, 0.25) is 0 Å². The van der Waals surface area contributed by atoms with E-state index in [4.69, 9.17) is 0 Å². The lowest BCUT2D eigenvalue weighted by Crippen LogP contribution is -2.18. The van der Waals surface area contributed by atoms with Crippen LogP contribution in [0, 0.1) is 18.8 Å². The molecule has 0 saturated heterocycles. The van der Waals surface area contributed by atoms with Crippen molar-refractivity contribution < 1.29 is 8.42 Å². The van der Waals surface area contributed by atoms with Gasteiger partial charge >= 0.3 is 0 Å². The van der Waals surface area contributed by atoms with E-state index in [9.17, 15) is 8.42 Å². The number of hydrogen-bond donors (Lipinski definition) is 0. The van der Waals surface area contributed by atoms with Crippen LogP contribution < -0.4 is 0 Å². The van der Waals surface area contributed by atoms with Gasteiger partial charge in [-0.2, -0.15) is 0 Å². The quantitative estimate of drug-likeness (QED) is 0.810. The molecule has 0 aromatic heterocycles. The first-order chi connectivity index (χ1) is 7.33. The standard InChI is InChI=1S/C13H20O2S/c1-10(2)12(4)9-16(14,15)13-7-5-11(3)6-8-13/h5-8,10,12H,9H2,1-4H3/t12-/m0/s1. The number of benzene rings is 1. The van der Waals surface area contributed by atoms with Crippen LogP contribution in [-0.4, -0.2) is 14.2 Å². The number of sulfone groups is 1. The molecule has 90 valence electrons. The largest absolute Gasteiger partial charge is 0.224 e. The van der Waals surface area contributed by atoms with Crippen molar-refractivity contribution in [1.82, 2.24) is 0 Å². The van der Waals surface area contributed by atoms with E-state index in [0.717, 1.165) is 5.56 Å². The molecular formula is C13H20O2S. The zero-order valence-corrected chi connectivity index (χ0v) is 11.2. The zero-order chi connectivity index (χ0) is 12.3. The molecule has 0 amide bonds. The molecule has 0 saturated carbocycles. The highest BCUT2D eigenvalue weighted by Crippen LogP contribution is 2.19. The molecule has 0 bridgehead atoms. The summed E-state index contributed by atoms with van der Waals surface area (Å²) < 4.78 is 24.1. The van der Waals surface area contributed by atoms with E-state index in [1.807, 2.05) is 26.0 Å². The van der Waals surface area contributed by atoms with Gasteiger partial charge in [-0.25, -0.2) is 8.42 Å². The summed E-state index contributed by atoms with van der Waals surface area (Å²) in [5, 5.41) is 0. The Morgan fingerprint density at radius 3 is 2.00 bits per heavy atom. The van der Waals surface area contributed by atoms with Crippen LogP contribution in [0.15, 0.2) is 29.2 Å². The number of aryl methyl sites for hydroxylation is 1. The molecule has 1 aromatic carbocycles. The van der Waals surface area contributed by atoms with Gasteiger partial charge in [0.05, 0.1) is 10.6 Å². The minimum Gasteiger partial charge on any atom is -0.224 e. The van der Waals surface area contributed by atoms with Crippen molar-refractivity contribution in [3.8, 4) is 0 Å². The molecule has 0 radical (unpaired) electrons. The lowest BCUT2D eigenvalue weighted by molar-refractivity contribution is 0.452. The Kier molecular flexibility index (Phi) is 4.14. The van der Waals surface area contributed by atoms with Crippen molar-refractivity contribution in [2.45, 2.75) is 32.6 Å². The SMILES string of the molecule is Cc1ccc(S(=O)(=O)C[C@H](C)C(C)C)cc1. The van der Waals surface area contributed by atoms with Gasteiger partial charge in [-0.05, 0) is 30.9 Å². The molecule has 0 heterocycles. The minimum atomic E-state index is -3.12. The van der Waals surface area contributed by atoms with Gasteiger partial charge in [0.25, 0.3) is 0 Å². The maximum absolute atomic E-state index is 12.1. The maximum Gasteiger partial charge on any atom is 0.178 e. The smallest absolute Gasteiger partial charge is 0.178 e. The summed E-state index contributed by atoms with van der Waals surface area (Å²) >= 11 is 0. The summed E-state index contributed by atoms with van der Waals surface area (Å²) in [4.78, 5) is 0.436. The fourth-order valence-corrected chi connectivity index (χ4v) is 3.20. The normalized spacial score (nSPS) is 14.1. The highest BCUT2D eigenvalue weighted by atomic mass is 32.2. The van der Waals surface area contributed by atoms with Crippen LogP contribution in [0.4, 0.5) is 0 Å². The van der Waals surface area contributed by atoms with Gasteiger partial charge in [0, 0.05) is 0 Å². The molecule has 0 aliphatic rings. The van der Waals surface area contributed by atoms with Crippen LogP contribution in [0.1, 0.15) is 26.3 Å². The predicted octanol–water partition coefficient (Wildman–Crippen LogP) is 3.06. The monoisotopic (exact) mass is 240 g/mol. The number of hydrogen-bond acceptors (Lipinski definition) is 2. The molecule has 0 spiro atoms. The van der Waals surface area contributed by atoms with Crippen molar-refractivity contribution in [1.29, 1.82) is 0 Å². The molecule has 0 unspecified atom stereocenters. The van der Waals surface area contributed by atoms with Crippen molar-refractivity contribution >= 4 is 9.84 Å². The lowest BCUT2D eigenvalue weighted by atomic mass is 10.0. The van der Waals surface area contributed by atoms with Crippen LogP contribution >= 0.6 is 0 Å². The fraction of sp³-hybridized carbons (Fsp3) is 0.538. The Bertz CT molecular complexity index is 430. The summed E-state index contributed by atoms with van der Waals surface area (Å²) in [7, 11) is -3.12. The topological polar surface area (TPSA) is 34.1 Å². The van der Waals surface area contributed by atoms with Gasteiger partial charge in [0.15, 0.2) is 9.84 Å². The minimum absolute atomic E-state index is 0.186. The highest BCUT2D eigenvalue weighted by Gasteiger charge is 2.20. The van der Waals surface area contributed by atoms with Crippen LogP contribution in [0.3, 0.4) is 0 Å². The Labute approximate surface area is 98.6 Å². The summed E-state index contributed by atoms with van der Waals surface area (Å²) in [6.45, 7) is 8.04. The van der Waals surface area contributed by atoms with E-state index < -0.39 is 9.84 Å². The molecule has 2 nitrogen and oxygen atoms in total. The van der Waals surface area contributed by atoms with E-state index in [1.54, 1.807) is 12.1 Å². The molecular weight excluding hydrogens is 220 g/mol. The van der Waals surface area contributed by atoms with Crippen LogP contribution in [0.5, 0.6) is 0 Å². The predicted molar refractivity (Wildman–Crippen MR) is 67.2 cm³/mol. The van der Waals surface area contributed by atoms with E-state index in [2.05, 4.69) is 13.8 Å². The Balaban J connectivity index is 2.90. The molecule has 0 aliphatic heterocycles. The van der Waals surface area contributed by atoms with E-state index in [1.165, 1.54) is 0 Å². The van der Waals surface area contributed by atoms with E-state index >= 15 is 0 Å². The molecule has 0 aliphatic carbocycles. The van der Waals surface area contributed by atoms with Crippen molar-refractivity contribution in [3.63, 3.8) is 0 Å². The van der Waals surface area contributed by atoms with Gasteiger partial charge in [-0.3, -0.25) is 0 Å². The molecule has 16 heavy (non-hydrogen) atoms. The van der Waals surface area contributed by atoms with Crippen molar-refractivity contribution in [2.75, 3.05) is 5.75 Å². The second-order valence-electron chi connectivity index (χ2n) is 4.82. The fourth-order valence-electron chi connectivity index (χ4n) is 1.38. The second-order valence-corrected chi connectivity index (χ2v) is 6.85. The molecule has 1 rings (SSSR count). The van der Waals surface area contributed by atoms with Crippen molar-refractivity contribution in [3.05, 3.63) is 29.8 Å². The highest BCUT2D eigenvalue weighted by molar-refractivity contribution is 7.91. The maximum atomic E-state index is 12.1. The van der Waals surface area contributed by atoms with Crippen molar-refractivity contribution in [2.24, 2.45) is 11.8 Å². The third kappa shape index (κ3) is 3.34. The van der Waals surface area contributed by atoms with Crippen LogP contribution in [0.25, 0.3) is 0 Å². The summed E-state index contributed by atoms with van der Waals surface area (Å²) in [5.41, 5.74) is 1.08. The molecule has 1 aromatic rings. The average Bonchev–Trinajstić information content (AvgIpc) is 2.17. The first-order valence-electron chi connectivity index (χ1n) is 5.62. The molecule has 0 fully saturated rings. The summed E-state index contributed by atoms with van der Waals surface area (Å²) in [6.07, 6.45) is 0. The molecule has 3 heteroatoms. The zero-order valence-electron chi connectivity index (χ0n) is 10.4. The van der Waals surface area contributed by atoms with Gasteiger partial charge in [0.1, 0.15) is 0 Å². The lowest BCUT2D eigenvalue weighted by Gasteiger charge is -2.15. The third-order valence-electron chi connectivity index (χ3n) is 3.00. The summed E-state index contributed by atoms with van der Waals surface area (Å²) in [5.74, 6) is 0.805. The van der Waals surface area contributed by atoms with Crippen LogP contribution in [0.2, 0.25) is 0 Å². The van der Waals surface area contributed by atoms with Gasteiger partial charge in [-0.1, -0.05) is 38.5 Å². The molecule has 0 N–H and O–H groups in total. The van der Waals surface area contributed by atoms with Crippen LogP contribution in [-0.2, 0) is 9.84 Å². The van der Waals surface area contributed by atoms with Gasteiger partial charge in [-0.15, -0.1) is 0 Å². The van der Waals surface area contributed by atoms with E-state index in [-0.39, 0.29) is 11.7 Å². The Morgan fingerprint density at radius 2 is 1.56 bits per heavy atom. The van der Waals surface area contributed by atoms with Gasteiger partial charge < -0.3 is 0 Å². The van der Waals surface area contributed by atoms with E-state index in [0.29, 0.717) is 10.8 Å². The summed E-state index contributed by atoms with van der Waals surface area (Å²) in [6, 6.07) is 7.06. The Hall–Kier alpha value is -0.830.